The smallest absolute Gasteiger partial charge is 0.273 e. The molecule has 1 atom stereocenters. The molecule has 1 aliphatic heterocycles. The van der Waals surface area contributed by atoms with E-state index in [0.29, 0.717) is 37.2 Å². The fraction of sp³-hybridized carbons (Fsp3) is 0.350. The molecule has 3 rings (SSSR count). The molecule has 1 fully saturated rings. The van der Waals surface area contributed by atoms with Crippen molar-refractivity contribution in [3.05, 3.63) is 69.3 Å². The number of carbonyl (C=O) groups is 1. The molecular weight excluding hydrogens is 346 g/mol. The minimum absolute atomic E-state index is 0.00711. The average Bonchev–Trinajstić information content (AvgIpc) is 2.72. The number of ether oxygens (including phenoxy) is 1. The number of hydrogen-bond acceptors (Lipinski definition) is 5. The number of benzene rings is 2. The largest absolute Gasteiger partial charge is 0.496 e. The highest BCUT2D eigenvalue weighted by atomic mass is 16.6. The van der Waals surface area contributed by atoms with Crippen LogP contribution in [0.15, 0.2) is 42.5 Å². The van der Waals surface area contributed by atoms with Crippen molar-refractivity contribution >= 4 is 11.6 Å². The summed E-state index contributed by atoms with van der Waals surface area (Å²) in [7, 11) is 1.61. The van der Waals surface area contributed by atoms with Crippen LogP contribution in [0.5, 0.6) is 5.75 Å². The number of methoxy groups -OCH3 is 1. The Morgan fingerprint density at radius 3 is 2.81 bits per heavy atom. The number of hydrogen-bond donors (Lipinski definition) is 1. The Bertz CT molecular complexity index is 853. The molecule has 2 aromatic carbocycles. The van der Waals surface area contributed by atoms with Crippen LogP contribution in [0.2, 0.25) is 0 Å². The molecule has 0 radical (unpaired) electrons. The number of nitrogens with zero attached hydrogens (tertiary/aromatic N) is 2. The summed E-state index contributed by atoms with van der Waals surface area (Å²) in [6.07, 6.45) is 0.544. The zero-order chi connectivity index (χ0) is 19.4. The van der Waals surface area contributed by atoms with Crippen LogP contribution in [0.4, 0.5) is 5.69 Å². The second kappa shape index (κ2) is 8.18. The van der Waals surface area contributed by atoms with Crippen LogP contribution in [0, 0.1) is 10.1 Å². The third-order valence-corrected chi connectivity index (χ3v) is 4.91. The topological polar surface area (TPSA) is 84.7 Å². The second-order valence-corrected chi connectivity index (χ2v) is 6.41. The third kappa shape index (κ3) is 3.78. The van der Waals surface area contributed by atoms with Gasteiger partial charge in [-0.1, -0.05) is 31.2 Å². The molecule has 7 nitrogen and oxygen atoms in total. The number of para-hydroxylation sites is 1. The molecule has 1 amide bonds. The quantitative estimate of drug-likeness (QED) is 0.647. The van der Waals surface area contributed by atoms with E-state index < -0.39 is 4.92 Å². The molecule has 2 aromatic rings. The number of nitrogens with one attached hydrogen (secondary N) is 1. The van der Waals surface area contributed by atoms with Crippen molar-refractivity contribution in [2.24, 2.45) is 0 Å². The molecule has 1 aliphatic rings. The molecule has 1 unspecified atom stereocenters. The molecule has 1 heterocycles. The van der Waals surface area contributed by atoms with E-state index in [1.165, 1.54) is 6.07 Å². The Morgan fingerprint density at radius 1 is 1.33 bits per heavy atom. The van der Waals surface area contributed by atoms with Gasteiger partial charge in [0.1, 0.15) is 5.75 Å². The van der Waals surface area contributed by atoms with E-state index in [0.717, 1.165) is 11.3 Å². The van der Waals surface area contributed by atoms with Crippen LogP contribution in [-0.4, -0.2) is 42.5 Å². The van der Waals surface area contributed by atoms with Crippen molar-refractivity contribution in [1.29, 1.82) is 0 Å². The van der Waals surface area contributed by atoms with Gasteiger partial charge in [-0.25, -0.2) is 0 Å². The summed E-state index contributed by atoms with van der Waals surface area (Å²) < 4.78 is 5.46. The first-order valence-corrected chi connectivity index (χ1v) is 8.98. The van der Waals surface area contributed by atoms with Crippen LogP contribution >= 0.6 is 0 Å². The first-order valence-electron chi connectivity index (χ1n) is 8.98. The van der Waals surface area contributed by atoms with Gasteiger partial charge in [-0.3, -0.25) is 14.9 Å². The average molecular weight is 369 g/mol. The van der Waals surface area contributed by atoms with Gasteiger partial charge >= 0.3 is 0 Å². The summed E-state index contributed by atoms with van der Waals surface area (Å²) in [5.74, 6) is 0.509. The number of amides is 1. The third-order valence-electron chi connectivity index (χ3n) is 4.91. The maximum Gasteiger partial charge on any atom is 0.273 e. The van der Waals surface area contributed by atoms with Gasteiger partial charge in [0.15, 0.2) is 0 Å². The zero-order valence-corrected chi connectivity index (χ0v) is 15.5. The van der Waals surface area contributed by atoms with Gasteiger partial charge < -0.3 is 15.0 Å². The van der Waals surface area contributed by atoms with E-state index in [4.69, 9.17) is 4.74 Å². The summed E-state index contributed by atoms with van der Waals surface area (Å²) in [4.78, 5) is 25.9. The molecule has 1 N–H and O–H groups in total. The van der Waals surface area contributed by atoms with E-state index in [1.54, 1.807) is 24.1 Å². The lowest BCUT2D eigenvalue weighted by Gasteiger charge is -2.37. The molecule has 7 heteroatoms. The number of nitro groups is 1. The van der Waals surface area contributed by atoms with Gasteiger partial charge in [-0.15, -0.1) is 0 Å². The van der Waals surface area contributed by atoms with Crippen molar-refractivity contribution in [2.45, 2.75) is 19.4 Å². The Kier molecular flexibility index (Phi) is 5.71. The number of nitro benzene ring substituents is 1. The molecule has 0 saturated carbocycles. The molecule has 0 spiro atoms. The van der Waals surface area contributed by atoms with Gasteiger partial charge in [0.25, 0.3) is 11.6 Å². The first-order chi connectivity index (χ1) is 13.1. The van der Waals surface area contributed by atoms with Crippen LogP contribution in [-0.2, 0) is 6.42 Å². The summed E-state index contributed by atoms with van der Waals surface area (Å²) in [6, 6.07) is 12.1. The van der Waals surface area contributed by atoms with Crippen LogP contribution in [0.25, 0.3) is 0 Å². The van der Waals surface area contributed by atoms with E-state index in [9.17, 15) is 14.9 Å². The first kappa shape index (κ1) is 18.8. The number of piperazine rings is 1. The van der Waals surface area contributed by atoms with E-state index in [-0.39, 0.29) is 17.6 Å². The lowest BCUT2D eigenvalue weighted by molar-refractivity contribution is -0.385. The van der Waals surface area contributed by atoms with Crippen molar-refractivity contribution in [3.63, 3.8) is 0 Å². The van der Waals surface area contributed by atoms with Crippen LogP contribution in [0.3, 0.4) is 0 Å². The predicted molar refractivity (Wildman–Crippen MR) is 102 cm³/mol. The summed E-state index contributed by atoms with van der Waals surface area (Å²) in [6.45, 7) is 3.65. The van der Waals surface area contributed by atoms with Gasteiger partial charge in [0.2, 0.25) is 0 Å². The molecule has 142 valence electrons. The summed E-state index contributed by atoms with van der Waals surface area (Å²) in [5, 5.41) is 14.7. The van der Waals surface area contributed by atoms with Crippen molar-refractivity contribution in [3.8, 4) is 5.75 Å². The normalized spacial score (nSPS) is 16.8. The SMILES string of the molecule is CCc1ccc(C(=O)N2CCNCC2c2ccccc2OC)cc1[N+](=O)[O-]. The molecule has 1 saturated heterocycles. The standard InChI is InChI=1S/C20H23N3O4/c1-3-14-8-9-15(12-17(14)23(25)26)20(24)22-11-10-21-13-18(22)16-6-4-5-7-19(16)27-2/h4-9,12,18,21H,3,10-11,13H2,1-2H3. The highest BCUT2D eigenvalue weighted by molar-refractivity contribution is 5.95. The van der Waals surface area contributed by atoms with E-state index in [2.05, 4.69) is 5.32 Å². The summed E-state index contributed by atoms with van der Waals surface area (Å²) >= 11 is 0. The molecule has 0 bridgehead atoms. The molecular formula is C20H23N3O4. The van der Waals surface area contributed by atoms with Crippen molar-refractivity contribution in [1.82, 2.24) is 10.2 Å². The van der Waals surface area contributed by atoms with Gasteiger partial charge in [-0.2, -0.15) is 0 Å². The van der Waals surface area contributed by atoms with Gasteiger partial charge in [-0.05, 0) is 18.6 Å². The summed E-state index contributed by atoms with van der Waals surface area (Å²) in [5.41, 5.74) is 1.87. The fourth-order valence-corrected chi connectivity index (χ4v) is 3.50. The monoisotopic (exact) mass is 369 g/mol. The van der Waals surface area contributed by atoms with Crippen molar-refractivity contribution in [2.75, 3.05) is 26.7 Å². The fourth-order valence-electron chi connectivity index (χ4n) is 3.50. The molecule has 0 aromatic heterocycles. The Labute approximate surface area is 158 Å². The number of carbonyl (C=O) groups excluding carboxylic acids is 1. The highest BCUT2D eigenvalue weighted by Gasteiger charge is 2.31. The van der Waals surface area contributed by atoms with Crippen LogP contribution in [0.1, 0.15) is 34.5 Å². The van der Waals surface area contributed by atoms with Crippen molar-refractivity contribution < 1.29 is 14.5 Å². The number of rotatable bonds is 5. The number of aryl methyl sites for hydroxylation is 1. The molecule has 27 heavy (non-hydrogen) atoms. The Morgan fingerprint density at radius 2 is 2.11 bits per heavy atom. The highest BCUT2D eigenvalue weighted by Crippen LogP contribution is 2.32. The Hall–Kier alpha value is -2.93. The maximum absolute atomic E-state index is 13.2. The van der Waals surface area contributed by atoms with Gasteiger partial charge in [0, 0.05) is 42.4 Å². The van der Waals surface area contributed by atoms with E-state index >= 15 is 0 Å². The Balaban J connectivity index is 1.97. The van der Waals surface area contributed by atoms with Gasteiger partial charge in [0.05, 0.1) is 18.1 Å². The minimum Gasteiger partial charge on any atom is -0.496 e. The lowest BCUT2D eigenvalue weighted by atomic mass is 10.00. The zero-order valence-electron chi connectivity index (χ0n) is 15.5. The molecule has 0 aliphatic carbocycles. The second-order valence-electron chi connectivity index (χ2n) is 6.41. The maximum atomic E-state index is 13.2. The lowest BCUT2D eigenvalue weighted by Crippen LogP contribution is -2.48. The predicted octanol–water partition coefficient (Wildman–Crippen LogP) is 2.95. The van der Waals surface area contributed by atoms with E-state index in [1.807, 2.05) is 31.2 Å². The van der Waals surface area contributed by atoms with Crippen LogP contribution < -0.4 is 10.1 Å². The minimum atomic E-state index is -0.426.